The van der Waals surface area contributed by atoms with Gasteiger partial charge in [0.2, 0.25) is 0 Å². The number of hydrogen-bond donors (Lipinski definition) is 0. The summed E-state index contributed by atoms with van der Waals surface area (Å²) in [7, 11) is 0. The van der Waals surface area contributed by atoms with Gasteiger partial charge in [-0.1, -0.05) is 97.1 Å². The van der Waals surface area contributed by atoms with Gasteiger partial charge in [-0.3, -0.25) is 0 Å². The first kappa shape index (κ1) is 28.3. The highest BCUT2D eigenvalue weighted by molar-refractivity contribution is 7.26. The van der Waals surface area contributed by atoms with Gasteiger partial charge in [0, 0.05) is 49.2 Å². The first-order valence-electron chi connectivity index (χ1n) is 17.1. The molecule has 0 radical (unpaired) electrons. The summed E-state index contributed by atoms with van der Waals surface area (Å²) in [6.07, 6.45) is 3.55. The fourth-order valence-electron chi connectivity index (χ4n) is 7.99. The fraction of sp³-hybridized carbons (Fsp3) is 0. The van der Waals surface area contributed by atoms with E-state index in [1.54, 1.807) is 17.7 Å². The molecular weight excluding hydrogens is 641 g/mol. The Hall–Kier alpha value is -6.56. The van der Waals surface area contributed by atoms with Gasteiger partial charge in [0.1, 0.15) is 6.33 Å². The predicted octanol–water partition coefficient (Wildman–Crippen LogP) is 12.4. The quantitative estimate of drug-likeness (QED) is 0.187. The Balaban J connectivity index is 1.04. The molecule has 0 fully saturated rings. The number of hydrogen-bond acceptors (Lipinski definition) is 3. The maximum Gasteiger partial charge on any atom is 0.116 e. The third-order valence-corrected chi connectivity index (χ3v) is 11.5. The second-order valence-corrected chi connectivity index (χ2v) is 14.1. The van der Waals surface area contributed by atoms with Gasteiger partial charge in [0.25, 0.3) is 0 Å². The number of nitrogens with zero attached hydrogens (tertiary/aromatic N) is 4. The van der Waals surface area contributed by atoms with Gasteiger partial charge in [0.15, 0.2) is 0 Å². The highest BCUT2D eigenvalue weighted by atomic mass is 32.1. The largest absolute Gasteiger partial charge is 0.309 e. The minimum absolute atomic E-state index is 1.02. The summed E-state index contributed by atoms with van der Waals surface area (Å²) < 4.78 is 7.12. The monoisotopic (exact) mass is 668 g/mol. The molecule has 51 heavy (non-hydrogen) atoms. The highest BCUT2D eigenvalue weighted by Gasteiger charge is 2.17. The first-order chi connectivity index (χ1) is 25.3. The molecule has 11 aromatic rings. The van der Waals surface area contributed by atoms with Crippen LogP contribution in [0, 0.1) is 0 Å². The minimum atomic E-state index is 1.02. The molecule has 0 aliphatic carbocycles. The zero-order valence-corrected chi connectivity index (χ0v) is 28.2. The van der Waals surface area contributed by atoms with Crippen molar-refractivity contribution in [1.82, 2.24) is 19.1 Å². The minimum Gasteiger partial charge on any atom is -0.309 e. The van der Waals surface area contributed by atoms with E-state index in [-0.39, 0.29) is 0 Å². The molecule has 0 saturated carbocycles. The van der Waals surface area contributed by atoms with Crippen LogP contribution in [0.4, 0.5) is 0 Å². The zero-order chi connectivity index (χ0) is 33.5. The van der Waals surface area contributed by atoms with Crippen LogP contribution in [0.25, 0.3) is 97.5 Å². The lowest BCUT2D eigenvalue weighted by Gasteiger charge is -2.10. The molecule has 0 unspecified atom stereocenters. The summed E-state index contributed by atoms with van der Waals surface area (Å²) in [5.74, 6) is 0. The topological polar surface area (TPSA) is 35.6 Å². The third kappa shape index (κ3) is 4.25. The van der Waals surface area contributed by atoms with Gasteiger partial charge in [-0.25, -0.2) is 9.97 Å². The van der Waals surface area contributed by atoms with Crippen molar-refractivity contribution in [3.8, 4) is 33.6 Å². The Morgan fingerprint density at radius 2 is 0.980 bits per heavy atom. The van der Waals surface area contributed by atoms with Gasteiger partial charge in [-0.05, 0) is 82.9 Å². The third-order valence-electron chi connectivity index (χ3n) is 10.3. The van der Waals surface area contributed by atoms with E-state index in [9.17, 15) is 0 Å². The van der Waals surface area contributed by atoms with Crippen molar-refractivity contribution in [2.45, 2.75) is 0 Å². The summed E-state index contributed by atoms with van der Waals surface area (Å²) in [6, 6.07) is 57.4. The van der Waals surface area contributed by atoms with Crippen molar-refractivity contribution in [3.63, 3.8) is 0 Å². The average Bonchev–Trinajstić information content (AvgIpc) is 3.86. The van der Waals surface area contributed by atoms with E-state index in [2.05, 4.69) is 177 Å². The van der Waals surface area contributed by atoms with Crippen molar-refractivity contribution in [2.75, 3.05) is 0 Å². The lowest BCUT2D eigenvalue weighted by atomic mass is 10.0. The normalized spacial score (nSPS) is 11.9. The van der Waals surface area contributed by atoms with Crippen LogP contribution in [0.2, 0.25) is 0 Å². The SMILES string of the molecule is c1ccc(-n2c3ccccc3c3cc(-c4ccc5c(c4)c4ccccc4n5-c4ccc(-c5cccc6c5sc5cncnc56)cc4)ccc32)cc1. The number of para-hydroxylation sites is 3. The fourth-order valence-corrected chi connectivity index (χ4v) is 9.16. The van der Waals surface area contributed by atoms with Gasteiger partial charge in [-0.15, -0.1) is 11.3 Å². The Bertz CT molecular complexity index is 3130. The molecule has 0 aliphatic rings. The van der Waals surface area contributed by atoms with Crippen molar-refractivity contribution >= 4 is 75.3 Å². The molecule has 0 atom stereocenters. The van der Waals surface area contributed by atoms with Crippen LogP contribution in [0.15, 0.2) is 170 Å². The average molecular weight is 669 g/mol. The summed E-state index contributed by atoms with van der Waals surface area (Å²) in [6.45, 7) is 0. The molecule has 5 heteroatoms. The Labute approximate surface area is 297 Å². The van der Waals surface area contributed by atoms with Crippen molar-refractivity contribution < 1.29 is 0 Å². The molecule has 11 rings (SSSR count). The van der Waals surface area contributed by atoms with Gasteiger partial charge in [0.05, 0.1) is 32.3 Å². The standard InChI is InChI=1S/C46H28N4S/c1-2-9-32(10-3-1)49-40-15-6-4-11-35(40)38-25-30(19-23-42(38)49)31-20-24-43-39(26-31)36-12-5-7-16-41(36)50(43)33-21-17-29(18-22-33)34-13-8-14-37-45-44(51-46(34)37)27-47-28-48-45/h1-28H. The van der Waals surface area contributed by atoms with Crippen LogP contribution >= 0.6 is 11.3 Å². The van der Waals surface area contributed by atoms with Crippen LogP contribution in [-0.4, -0.2) is 19.1 Å². The van der Waals surface area contributed by atoms with Gasteiger partial charge >= 0.3 is 0 Å². The smallest absolute Gasteiger partial charge is 0.116 e. The molecule has 0 amide bonds. The van der Waals surface area contributed by atoms with Crippen molar-refractivity contribution in [2.24, 2.45) is 0 Å². The summed E-state index contributed by atoms with van der Waals surface area (Å²) >= 11 is 1.76. The Morgan fingerprint density at radius 1 is 0.431 bits per heavy atom. The molecule has 0 saturated heterocycles. The van der Waals surface area contributed by atoms with E-state index >= 15 is 0 Å². The molecule has 4 aromatic heterocycles. The maximum atomic E-state index is 4.57. The van der Waals surface area contributed by atoms with E-state index in [4.69, 9.17) is 0 Å². The number of thiophene rings is 1. The summed E-state index contributed by atoms with van der Waals surface area (Å²) in [5, 5.41) is 6.19. The van der Waals surface area contributed by atoms with Crippen molar-refractivity contribution in [1.29, 1.82) is 0 Å². The Kier molecular flexibility index (Phi) is 6.09. The lowest BCUT2D eigenvalue weighted by molar-refractivity contribution is 1.18. The Morgan fingerprint density at radius 3 is 1.65 bits per heavy atom. The van der Waals surface area contributed by atoms with E-state index in [0.717, 1.165) is 15.9 Å². The van der Waals surface area contributed by atoms with Crippen LogP contribution in [0.1, 0.15) is 0 Å². The first-order valence-corrected chi connectivity index (χ1v) is 18.0. The highest BCUT2D eigenvalue weighted by Crippen LogP contribution is 2.41. The molecule has 0 spiro atoms. The molecule has 4 heterocycles. The summed E-state index contributed by atoms with van der Waals surface area (Å²) in [5.41, 5.74) is 13.0. The molecule has 0 aliphatic heterocycles. The van der Waals surface area contributed by atoms with E-state index in [0.29, 0.717) is 0 Å². The zero-order valence-electron chi connectivity index (χ0n) is 27.4. The summed E-state index contributed by atoms with van der Waals surface area (Å²) in [4.78, 5) is 8.82. The predicted molar refractivity (Wildman–Crippen MR) is 214 cm³/mol. The van der Waals surface area contributed by atoms with Gasteiger partial charge in [-0.2, -0.15) is 0 Å². The van der Waals surface area contributed by atoms with E-state index in [1.165, 1.54) is 81.6 Å². The number of rotatable bonds is 4. The van der Waals surface area contributed by atoms with Crippen molar-refractivity contribution in [3.05, 3.63) is 170 Å². The van der Waals surface area contributed by atoms with Gasteiger partial charge < -0.3 is 9.13 Å². The van der Waals surface area contributed by atoms with E-state index in [1.807, 2.05) is 6.20 Å². The second-order valence-electron chi connectivity index (χ2n) is 13.1. The van der Waals surface area contributed by atoms with Crippen LogP contribution in [0.3, 0.4) is 0 Å². The molecule has 0 bridgehead atoms. The molecule has 0 N–H and O–H groups in total. The molecular formula is C46H28N4S. The number of benzene rings is 7. The molecule has 238 valence electrons. The second kappa shape index (κ2) is 11.0. The maximum absolute atomic E-state index is 4.57. The number of fused-ring (bicyclic) bond motifs is 9. The van der Waals surface area contributed by atoms with Crippen LogP contribution < -0.4 is 0 Å². The number of aromatic nitrogens is 4. The van der Waals surface area contributed by atoms with Crippen LogP contribution in [0.5, 0.6) is 0 Å². The molecule has 4 nitrogen and oxygen atoms in total. The van der Waals surface area contributed by atoms with Crippen LogP contribution in [-0.2, 0) is 0 Å². The lowest BCUT2D eigenvalue weighted by Crippen LogP contribution is -1.94. The molecule has 7 aromatic carbocycles. The van der Waals surface area contributed by atoms with E-state index < -0.39 is 0 Å².